The summed E-state index contributed by atoms with van der Waals surface area (Å²) in [5.41, 5.74) is 7.30. The van der Waals surface area contributed by atoms with Crippen LogP contribution in [0.2, 0.25) is 0 Å². The van der Waals surface area contributed by atoms with Gasteiger partial charge in [0.15, 0.2) is 0 Å². The summed E-state index contributed by atoms with van der Waals surface area (Å²) in [6.45, 7) is 0. The molecule has 0 aliphatic carbocycles. The number of hydrogen-bond acceptors (Lipinski definition) is 3. The van der Waals surface area contributed by atoms with Crippen molar-refractivity contribution in [1.29, 1.82) is 0 Å². The minimum absolute atomic E-state index is 0.247. The molecule has 0 atom stereocenters. The Labute approximate surface area is 100 Å². The first-order valence-corrected chi connectivity index (χ1v) is 5.31. The number of hydrogen-bond donors (Lipinski definition) is 3. The molecular weight excluding hydrogens is 272 g/mol. The van der Waals surface area contributed by atoms with Gasteiger partial charge in [-0.3, -0.25) is 9.89 Å². The number of nitrogens with zero attached hydrogens (tertiary/aromatic N) is 1. The average Bonchev–Trinajstić information content (AvgIpc) is 2.75. The van der Waals surface area contributed by atoms with Crippen LogP contribution in [0.5, 0.6) is 0 Å². The summed E-state index contributed by atoms with van der Waals surface area (Å²) in [5.74, 6) is -0.247. The number of nitrogens with one attached hydrogen (secondary N) is 2. The lowest BCUT2D eigenvalue weighted by Gasteiger charge is -2.07. The van der Waals surface area contributed by atoms with E-state index >= 15 is 0 Å². The summed E-state index contributed by atoms with van der Waals surface area (Å²) in [4.78, 5) is 11.7. The highest BCUT2D eigenvalue weighted by Crippen LogP contribution is 2.23. The van der Waals surface area contributed by atoms with Gasteiger partial charge in [-0.2, -0.15) is 5.10 Å². The van der Waals surface area contributed by atoms with E-state index in [9.17, 15) is 4.79 Å². The minimum Gasteiger partial charge on any atom is -0.397 e. The second-order valence-electron chi connectivity index (χ2n) is 3.17. The fourth-order valence-corrected chi connectivity index (χ4v) is 1.60. The number of anilines is 2. The summed E-state index contributed by atoms with van der Waals surface area (Å²) < 4.78 is 0.867. The van der Waals surface area contributed by atoms with Crippen LogP contribution in [0.15, 0.2) is 35.1 Å². The molecule has 16 heavy (non-hydrogen) atoms. The first-order valence-electron chi connectivity index (χ1n) is 4.52. The number of nitrogens with two attached hydrogens (primary N) is 1. The normalized spacial score (nSPS) is 10.1. The third-order valence-electron chi connectivity index (χ3n) is 2.02. The number of aromatic amines is 1. The quantitative estimate of drug-likeness (QED) is 0.736. The van der Waals surface area contributed by atoms with E-state index in [0.29, 0.717) is 16.9 Å². The second kappa shape index (κ2) is 4.36. The van der Waals surface area contributed by atoms with Crippen molar-refractivity contribution in [2.24, 2.45) is 0 Å². The standard InChI is InChI=1S/C10H9BrN4O/c11-7-1-2-9(8(12)3-7)15-10(16)6-4-13-14-5-6/h1-5H,12H2,(H,13,14)(H,15,16). The van der Waals surface area contributed by atoms with Crippen molar-refractivity contribution >= 4 is 33.2 Å². The molecule has 0 fully saturated rings. The highest BCUT2D eigenvalue weighted by atomic mass is 79.9. The van der Waals surface area contributed by atoms with Gasteiger partial charge in [0.25, 0.3) is 5.91 Å². The van der Waals surface area contributed by atoms with Gasteiger partial charge in [-0.15, -0.1) is 0 Å². The van der Waals surface area contributed by atoms with Crippen molar-refractivity contribution < 1.29 is 4.79 Å². The van der Waals surface area contributed by atoms with Gasteiger partial charge >= 0.3 is 0 Å². The Balaban J connectivity index is 2.18. The van der Waals surface area contributed by atoms with Crippen LogP contribution in [0.4, 0.5) is 11.4 Å². The number of benzene rings is 1. The molecular formula is C10H9BrN4O. The lowest BCUT2D eigenvalue weighted by atomic mass is 10.2. The number of amides is 1. The monoisotopic (exact) mass is 280 g/mol. The van der Waals surface area contributed by atoms with Crippen molar-refractivity contribution in [3.8, 4) is 0 Å². The number of halogens is 1. The fraction of sp³-hybridized carbons (Fsp3) is 0. The maximum atomic E-state index is 11.7. The van der Waals surface area contributed by atoms with Crippen LogP contribution >= 0.6 is 15.9 Å². The molecule has 0 aliphatic rings. The molecule has 1 amide bonds. The van der Waals surface area contributed by atoms with E-state index in [4.69, 9.17) is 5.73 Å². The lowest BCUT2D eigenvalue weighted by molar-refractivity contribution is 0.102. The molecule has 0 bridgehead atoms. The molecule has 1 heterocycles. The Hall–Kier alpha value is -1.82. The summed E-state index contributed by atoms with van der Waals surface area (Å²) in [5, 5.41) is 8.96. The summed E-state index contributed by atoms with van der Waals surface area (Å²) >= 11 is 3.29. The molecule has 1 aromatic carbocycles. The van der Waals surface area contributed by atoms with Crippen molar-refractivity contribution in [2.45, 2.75) is 0 Å². The Morgan fingerprint density at radius 2 is 2.31 bits per heavy atom. The molecule has 0 radical (unpaired) electrons. The Kier molecular flexibility index (Phi) is 2.91. The minimum atomic E-state index is -0.247. The molecule has 0 saturated carbocycles. The van der Waals surface area contributed by atoms with Crippen LogP contribution < -0.4 is 11.1 Å². The predicted molar refractivity (Wildman–Crippen MR) is 65.1 cm³/mol. The maximum Gasteiger partial charge on any atom is 0.258 e. The molecule has 0 spiro atoms. The number of carbonyl (C=O) groups excluding carboxylic acids is 1. The summed E-state index contributed by atoms with van der Waals surface area (Å²) in [7, 11) is 0. The molecule has 6 heteroatoms. The zero-order valence-corrected chi connectivity index (χ0v) is 9.78. The SMILES string of the molecule is Nc1cc(Br)ccc1NC(=O)c1cn[nH]c1. The van der Waals surface area contributed by atoms with Gasteiger partial charge in [0.05, 0.1) is 23.1 Å². The lowest BCUT2D eigenvalue weighted by Crippen LogP contribution is -2.12. The van der Waals surface area contributed by atoms with Gasteiger partial charge in [0.1, 0.15) is 0 Å². The van der Waals surface area contributed by atoms with Gasteiger partial charge < -0.3 is 11.1 Å². The van der Waals surface area contributed by atoms with E-state index in [1.165, 1.54) is 12.4 Å². The van der Waals surface area contributed by atoms with Gasteiger partial charge in [-0.25, -0.2) is 0 Å². The molecule has 2 aromatic rings. The molecule has 0 saturated heterocycles. The van der Waals surface area contributed by atoms with Crippen molar-refractivity contribution in [2.75, 3.05) is 11.1 Å². The maximum absolute atomic E-state index is 11.7. The number of nitrogen functional groups attached to an aromatic ring is 1. The first-order chi connectivity index (χ1) is 7.66. The van der Waals surface area contributed by atoms with Crippen LogP contribution in [0, 0.1) is 0 Å². The highest BCUT2D eigenvalue weighted by Gasteiger charge is 2.08. The smallest absolute Gasteiger partial charge is 0.258 e. The number of carbonyl (C=O) groups is 1. The van der Waals surface area contributed by atoms with Gasteiger partial charge in [-0.05, 0) is 18.2 Å². The van der Waals surface area contributed by atoms with Gasteiger partial charge in [-0.1, -0.05) is 15.9 Å². The van der Waals surface area contributed by atoms with Gasteiger partial charge in [0.2, 0.25) is 0 Å². The Bertz CT molecular complexity index is 510. The van der Waals surface area contributed by atoms with Crippen molar-refractivity contribution in [3.05, 3.63) is 40.6 Å². The van der Waals surface area contributed by atoms with Crippen molar-refractivity contribution in [3.63, 3.8) is 0 Å². The third-order valence-corrected chi connectivity index (χ3v) is 2.52. The van der Waals surface area contributed by atoms with E-state index in [2.05, 4.69) is 31.4 Å². The molecule has 82 valence electrons. The first kappa shape index (κ1) is 10.7. The van der Waals surface area contributed by atoms with Gasteiger partial charge in [0, 0.05) is 10.7 Å². The number of H-pyrrole nitrogens is 1. The zero-order valence-electron chi connectivity index (χ0n) is 8.20. The number of rotatable bonds is 2. The largest absolute Gasteiger partial charge is 0.397 e. The van der Waals surface area contributed by atoms with E-state index < -0.39 is 0 Å². The molecule has 0 unspecified atom stereocenters. The van der Waals surface area contributed by atoms with Crippen LogP contribution in [-0.2, 0) is 0 Å². The highest BCUT2D eigenvalue weighted by molar-refractivity contribution is 9.10. The summed E-state index contributed by atoms with van der Waals surface area (Å²) in [6, 6.07) is 5.27. The van der Waals surface area contributed by atoms with Crippen molar-refractivity contribution in [1.82, 2.24) is 10.2 Å². The van der Waals surface area contributed by atoms with Crippen LogP contribution in [-0.4, -0.2) is 16.1 Å². The second-order valence-corrected chi connectivity index (χ2v) is 4.09. The van der Waals surface area contributed by atoms with Crippen LogP contribution in [0.25, 0.3) is 0 Å². The summed E-state index contributed by atoms with van der Waals surface area (Å²) in [6.07, 6.45) is 2.97. The fourth-order valence-electron chi connectivity index (χ4n) is 1.22. The third kappa shape index (κ3) is 2.22. The van der Waals surface area contributed by atoms with E-state index in [-0.39, 0.29) is 5.91 Å². The molecule has 1 aromatic heterocycles. The van der Waals surface area contributed by atoms with E-state index in [0.717, 1.165) is 4.47 Å². The average molecular weight is 281 g/mol. The zero-order chi connectivity index (χ0) is 11.5. The van der Waals surface area contributed by atoms with Crippen LogP contribution in [0.3, 0.4) is 0 Å². The Morgan fingerprint density at radius 1 is 1.50 bits per heavy atom. The molecule has 4 N–H and O–H groups in total. The number of aromatic nitrogens is 2. The Morgan fingerprint density at radius 3 is 2.94 bits per heavy atom. The predicted octanol–water partition coefficient (Wildman–Crippen LogP) is 2.01. The van der Waals surface area contributed by atoms with E-state index in [1.807, 2.05) is 0 Å². The van der Waals surface area contributed by atoms with Crippen LogP contribution in [0.1, 0.15) is 10.4 Å². The molecule has 0 aliphatic heterocycles. The topological polar surface area (TPSA) is 83.8 Å². The molecule has 2 rings (SSSR count). The van der Waals surface area contributed by atoms with E-state index in [1.54, 1.807) is 18.2 Å². The molecule has 5 nitrogen and oxygen atoms in total.